The van der Waals surface area contributed by atoms with Crippen LogP contribution < -0.4 is 10.2 Å². The second-order valence-corrected chi connectivity index (χ2v) is 4.95. The number of rotatable bonds is 2. The van der Waals surface area contributed by atoms with Crippen LogP contribution in [0.1, 0.15) is 24.2 Å². The Balaban J connectivity index is 1.95. The topological polar surface area (TPSA) is 39.1 Å². The van der Waals surface area contributed by atoms with Crippen molar-refractivity contribution in [3.8, 4) is 0 Å². The second kappa shape index (κ2) is 4.61. The van der Waals surface area contributed by atoms with E-state index in [0.29, 0.717) is 6.10 Å². The molecule has 1 saturated heterocycles. The number of nitrogens with zero attached hydrogens (tertiary/aromatic N) is 2. The number of para-hydroxylation sites is 1. The van der Waals surface area contributed by atoms with Crippen LogP contribution in [0, 0.1) is 13.8 Å². The molecule has 4 nitrogen and oxygen atoms in total. The first-order valence-electron chi connectivity index (χ1n) is 6.58. The molecule has 1 N–H and O–H groups in total. The molecule has 1 aromatic carbocycles. The fourth-order valence-corrected chi connectivity index (χ4v) is 2.52. The van der Waals surface area contributed by atoms with Crippen molar-refractivity contribution in [2.75, 3.05) is 13.1 Å². The van der Waals surface area contributed by atoms with Gasteiger partial charge in [0.2, 0.25) is 0 Å². The van der Waals surface area contributed by atoms with Gasteiger partial charge in [-0.2, -0.15) is 4.73 Å². The van der Waals surface area contributed by atoms with Crippen molar-refractivity contribution in [1.82, 2.24) is 15.0 Å². The molecule has 1 aromatic heterocycles. The highest BCUT2D eigenvalue weighted by atomic mass is 16.7. The zero-order valence-corrected chi connectivity index (χ0v) is 10.9. The lowest BCUT2D eigenvalue weighted by atomic mass is 10.1. The van der Waals surface area contributed by atoms with E-state index >= 15 is 0 Å². The Kier molecular flexibility index (Phi) is 2.96. The fourth-order valence-electron chi connectivity index (χ4n) is 2.52. The van der Waals surface area contributed by atoms with Crippen LogP contribution in [-0.2, 0) is 0 Å². The molecular weight excluding hydrogens is 226 g/mol. The molecule has 0 saturated carbocycles. The maximum Gasteiger partial charge on any atom is 0.143 e. The molecular formula is C14H19N3O. The van der Waals surface area contributed by atoms with Gasteiger partial charge in [-0.05, 0) is 51.4 Å². The molecule has 1 aliphatic heterocycles. The highest BCUT2D eigenvalue weighted by Gasteiger charge is 2.18. The lowest BCUT2D eigenvalue weighted by molar-refractivity contribution is 0.0221. The van der Waals surface area contributed by atoms with Crippen molar-refractivity contribution in [1.29, 1.82) is 0 Å². The third kappa shape index (κ3) is 1.97. The average Bonchev–Trinajstić information content (AvgIpc) is 2.70. The van der Waals surface area contributed by atoms with Crippen LogP contribution in [-0.4, -0.2) is 28.9 Å². The van der Waals surface area contributed by atoms with Gasteiger partial charge in [0.1, 0.15) is 17.4 Å². The maximum atomic E-state index is 6.11. The van der Waals surface area contributed by atoms with Gasteiger partial charge < -0.3 is 10.2 Å². The fraction of sp³-hybridized carbons (Fsp3) is 0.500. The van der Waals surface area contributed by atoms with Gasteiger partial charge in [0, 0.05) is 0 Å². The van der Waals surface area contributed by atoms with Crippen molar-refractivity contribution >= 4 is 11.0 Å². The van der Waals surface area contributed by atoms with Gasteiger partial charge in [-0.15, -0.1) is 0 Å². The molecule has 0 amide bonds. The summed E-state index contributed by atoms with van der Waals surface area (Å²) in [6.07, 6.45) is 2.42. The number of benzene rings is 1. The number of piperidine rings is 1. The third-order valence-corrected chi connectivity index (χ3v) is 3.54. The van der Waals surface area contributed by atoms with E-state index in [0.717, 1.165) is 42.8 Å². The minimum atomic E-state index is 0.294. The average molecular weight is 245 g/mol. The number of imidazole rings is 1. The summed E-state index contributed by atoms with van der Waals surface area (Å²) in [5, 5.41) is 3.35. The minimum Gasteiger partial charge on any atom is -0.409 e. The van der Waals surface area contributed by atoms with Crippen LogP contribution in [0.4, 0.5) is 0 Å². The zero-order valence-electron chi connectivity index (χ0n) is 10.9. The Morgan fingerprint density at radius 3 is 2.83 bits per heavy atom. The summed E-state index contributed by atoms with van der Waals surface area (Å²) < 4.78 is 1.90. The van der Waals surface area contributed by atoms with Crippen molar-refractivity contribution in [3.63, 3.8) is 0 Å². The van der Waals surface area contributed by atoms with Crippen LogP contribution in [0.2, 0.25) is 0 Å². The summed E-state index contributed by atoms with van der Waals surface area (Å²) in [5.74, 6) is 0.929. The third-order valence-electron chi connectivity index (χ3n) is 3.54. The van der Waals surface area contributed by atoms with Gasteiger partial charge in [-0.25, -0.2) is 4.98 Å². The van der Waals surface area contributed by atoms with Crippen LogP contribution in [0.25, 0.3) is 11.0 Å². The second-order valence-electron chi connectivity index (χ2n) is 4.95. The molecule has 0 radical (unpaired) electrons. The van der Waals surface area contributed by atoms with Crippen LogP contribution in [0.15, 0.2) is 18.2 Å². The minimum absolute atomic E-state index is 0.294. The van der Waals surface area contributed by atoms with Crippen molar-refractivity contribution in [3.05, 3.63) is 29.6 Å². The van der Waals surface area contributed by atoms with Gasteiger partial charge in [-0.1, -0.05) is 12.1 Å². The normalized spacial score (nSPS) is 17.2. The summed E-state index contributed by atoms with van der Waals surface area (Å²) in [6, 6.07) is 6.22. The van der Waals surface area contributed by atoms with E-state index in [1.54, 1.807) is 0 Å². The number of nitrogens with one attached hydrogen (secondary N) is 1. The number of aromatic nitrogens is 2. The smallest absolute Gasteiger partial charge is 0.143 e. The van der Waals surface area contributed by atoms with E-state index in [9.17, 15) is 0 Å². The molecule has 0 atom stereocenters. The predicted octanol–water partition coefficient (Wildman–Crippen LogP) is 1.83. The Bertz CT molecular complexity index is 555. The molecule has 18 heavy (non-hydrogen) atoms. The predicted molar refractivity (Wildman–Crippen MR) is 71.7 cm³/mol. The van der Waals surface area contributed by atoms with Crippen LogP contribution in [0.5, 0.6) is 0 Å². The van der Waals surface area contributed by atoms with E-state index in [4.69, 9.17) is 4.84 Å². The summed E-state index contributed by atoms with van der Waals surface area (Å²) in [7, 11) is 0. The number of hydrogen-bond donors (Lipinski definition) is 1. The quantitative estimate of drug-likeness (QED) is 0.877. The maximum absolute atomic E-state index is 6.11. The van der Waals surface area contributed by atoms with Crippen molar-refractivity contribution in [2.24, 2.45) is 0 Å². The van der Waals surface area contributed by atoms with E-state index in [-0.39, 0.29) is 0 Å². The van der Waals surface area contributed by atoms with E-state index < -0.39 is 0 Å². The first-order valence-corrected chi connectivity index (χ1v) is 6.58. The number of aryl methyl sites for hydroxylation is 2. The molecule has 0 aliphatic carbocycles. The molecule has 96 valence electrons. The van der Waals surface area contributed by atoms with E-state index in [2.05, 4.69) is 35.4 Å². The number of hydrogen-bond acceptors (Lipinski definition) is 3. The van der Waals surface area contributed by atoms with Crippen LogP contribution in [0.3, 0.4) is 0 Å². The van der Waals surface area contributed by atoms with Gasteiger partial charge in [0.25, 0.3) is 0 Å². The van der Waals surface area contributed by atoms with Gasteiger partial charge >= 0.3 is 0 Å². The lowest BCUT2D eigenvalue weighted by Crippen LogP contribution is -2.37. The highest BCUT2D eigenvalue weighted by Crippen LogP contribution is 2.19. The molecule has 1 fully saturated rings. The highest BCUT2D eigenvalue weighted by molar-refractivity contribution is 5.79. The Labute approximate surface area is 107 Å². The van der Waals surface area contributed by atoms with Gasteiger partial charge in [0.15, 0.2) is 0 Å². The standard InChI is InChI=1S/C14H19N3O/c1-10-4-3-5-13-14(10)16-11(2)17(13)18-12-6-8-15-9-7-12/h3-5,12,15H,6-9H2,1-2H3. The SMILES string of the molecule is Cc1cccc2c1nc(C)n2OC1CCNCC1. The molecule has 1 aliphatic rings. The summed E-state index contributed by atoms with van der Waals surface area (Å²) in [6.45, 7) is 6.16. The molecule has 2 aromatic rings. The summed E-state index contributed by atoms with van der Waals surface area (Å²) >= 11 is 0. The van der Waals surface area contributed by atoms with E-state index in [1.807, 2.05) is 11.7 Å². The first-order chi connectivity index (χ1) is 8.75. The Morgan fingerprint density at radius 1 is 1.28 bits per heavy atom. The van der Waals surface area contributed by atoms with Gasteiger partial charge in [0.05, 0.1) is 5.52 Å². The summed E-state index contributed by atoms with van der Waals surface area (Å²) in [4.78, 5) is 10.7. The molecule has 4 heteroatoms. The van der Waals surface area contributed by atoms with Crippen molar-refractivity contribution in [2.45, 2.75) is 32.8 Å². The van der Waals surface area contributed by atoms with Gasteiger partial charge in [-0.3, -0.25) is 0 Å². The zero-order chi connectivity index (χ0) is 12.5. The molecule has 2 heterocycles. The van der Waals surface area contributed by atoms with E-state index in [1.165, 1.54) is 5.56 Å². The molecule has 0 unspecified atom stereocenters. The summed E-state index contributed by atoms with van der Waals surface area (Å²) in [5.41, 5.74) is 3.32. The Morgan fingerprint density at radius 2 is 2.06 bits per heavy atom. The Hall–Kier alpha value is -1.55. The first kappa shape index (κ1) is 11.5. The monoisotopic (exact) mass is 245 g/mol. The molecule has 3 rings (SSSR count). The number of fused-ring (bicyclic) bond motifs is 1. The molecule has 0 bridgehead atoms. The van der Waals surface area contributed by atoms with Crippen LogP contribution >= 0.6 is 0 Å². The van der Waals surface area contributed by atoms with Crippen molar-refractivity contribution < 1.29 is 4.84 Å². The lowest BCUT2D eigenvalue weighted by Gasteiger charge is -2.24. The largest absolute Gasteiger partial charge is 0.409 e. The molecule has 0 spiro atoms.